The summed E-state index contributed by atoms with van der Waals surface area (Å²) < 4.78 is 5.26. The molecule has 1 aromatic carbocycles. The Labute approximate surface area is 107 Å². The van der Waals surface area contributed by atoms with E-state index in [1.165, 1.54) is 5.56 Å². The Bertz CT molecular complexity index is 502. The average Bonchev–Trinajstić information content (AvgIpc) is 2.78. The van der Waals surface area contributed by atoms with Crippen LogP contribution in [0.3, 0.4) is 0 Å². The molecule has 0 spiro atoms. The number of nitrogens with zero attached hydrogens (tertiary/aromatic N) is 2. The molecule has 0 bridgehead atoms. The molecule has 0 aliphatic heterocycles. The number of nitrogen functional groups attached to an aromatic ring is 1. The van der Waals surface area contributed by atoms with Crippen molar-refractivity contribution in [3.05, 3.63) is 41.5 Å². The van der Waals surface area contributed by atoms with Crippen molar-refractivity contribution < 1.29 is 4.52 Å². The highest BCUT2D eigenvalue weighted by Crippen LogP contribution is 2.21. The molecule has 4 heteroatoms. The molecule has 0 aliphatic rings. The van der Waals surface area contributed by atoms with E-state index in [9.17, 15) is 0 Å². The van der Waals surface area contributed by atoms with Crippen LogP contribution in [0.25, 0.3) is 0 Å². The summed E-state index contributed by atoms with van der Waals surface area (Å²) in [4.78, 5) is 4.39. The van der Waals surface area contributed by atoms with Gasteiger partial charge in [0.05, 0.1) is 0 Å². The summed E-state index contributed by atoms with van der Waals surface area (Å²) in [6, 6.07) is 7.91. The predicted molar refractivity (Wildman–Crippen MR) is 71.4 cm³/mol. The van der Waals surface area contributed by atoms with Gasteiger partial charge in [0.2, 0.25) is 5.89 Å². The molecular weight excluding hydrogens is 226 g/mol. The number of hydrogen-bond acceptors (Lipinski definition) is 4. The molecule has 0 saturated carbocycles. The molecule has 1 unspecified atom stereocenters. The van der Waals surface area contributed by atoms with Crippen LogP contribution < -0.4 is 5.73 Å². The highest BCUT2D eigenvalue weighted by molar-refractivity contribution is 5.40. The van der Waals surface area contributed by atoms with Gasteiger partial charge >= 0.3 is 0 Å². The first-order chi connectivity index (χ1) is 8.56. The van der Waals surface area contributed by atoms with Crippen molar-refractivity contribution in [1.82, 2.24) is 10.1 Å². The number of rotatable bonds is 4. The first-order valence-corrected chi connectivity index (χ1v) is 6.24. The van der Waals surface area contributed by atoms with Gasteiger partial charge in [0.1, 0.15) is 0 Å². The van der Waals surface area contributed by atoms with E-state index in [1.807, 2.05) is 24.3 Å². The Hall–Kier alpha value is -1.84. The molecule has 18 heavy (non-hydrogen) atoms. The van der Waals surface area contributed by atoms with Crippen LogP contribution in [0, 0.1) is 0 Å². The smallest absolute Gasteiger partial charge is 0.227 e. The second-order valence-electron chi connectivity index (χ2n) is 4.97. The summed E-state index contributed by atoms with van der Waals surface area (Å²) in [5.41, 5.74) is 7.69. The monoisotopic (exact) mass is 245 g/mol. The third-order valence-corrected chi connectivity index (χ3v) is 2.99. The lowest BCUT2D eigenvalue weighted by atomic mass is 9.97. The van der Waals surface area contributed by atoms with Crippen molar-refractivity contribution in [2.75, 3.05) is 5.73 Å². The maximum atomic E-state index is 5.68. The zero-order valence-electron chi connectivity index (χ0n) is 11.1. The minimum atomic E-state index is 0.300. The van der Waals surface area contributed by atoms with Gasteiger partial charge in [-0.3, -0.25) is 0 Å². The minimum absolute atomic E-state index is 0.300. The van der Waals surface area contributed by atoms with Gasteiger partial charge in [-0.25, -0.2) is 0 Å². The minimum Gasteiger partial charge on any atom is -0.399 e. The molecule has 96 valence electrons. The third kappa shape index (κ3) is 2.88. The van der Waals surface area contributed by atoms with Crippen molar-refractivity contribution in [1.29, 1.82) is 0 Å². The lowest BCUT2D eigenvalue weighted by Crippen LogP contribution is -1.99. The van der Waals surface area contributed by atoms with Gasteiger partial charge < -0.3 is 10.3 Å². The topological polar surface area (TPSA) is 64.9 Å². The fraction of sp³-hybridized carbons (Fsp3) is 0.429. The van der Waals surface area contributed by atoms with Crippen LogP contribution in [-0.4, -0.2) is 10.1 Å². The number of benzene rings is 1. The molecule has 0 saturated heterocycles. The predicted octanol–water partition coefficient (Wildman–Crippen LogP) is 3.12. The van der Waals surface area contributed by atoms with Crippen molar-refractivity contribution in [3.8, 4) is 0 Å². The van der Waals surface area contributed by atoms with Gasteiger partial charge in [-0.1, -0.05) is 38.1 Å². The molecule has 2 rings (SSSR count). The maximum absolute atomic E-state index is 5.68. The second kappa shape index (κ2) is 5.21. The van der Waals surface area contributed by atoms with Crippen molar-refractivity contribution in [3.63, 3.8) is 0 Å². The van der Waals surface area contributed by atoms with E-state index in [1.54, 1.807) is 0 Å². The first-order valence-electron chi connectivity index (χ1n) is 6.24. The summed E-state index contributed by atoms with van der Waals surface area (Å²) in [6.07, 6.45) is 0.754. The van der Waals surface area contributed by atoms with E-state index < -0.39 is 0 Å². The molecule has 2 aromatic rings. The van der Waals surface area contributed by atoms with E-state index in [0.29, 0.717) is 17.7 Å². The fourth-order valence-electron chi connectivity index (χ4n) is 1.79. The van der Waals surface area contributed by atoms with E-state index in [-0.39, 0.29) is 0 Å². The Morgan fingerprint density at radius 1 is 1.17 bits per heavy atom. The van der Waals surface area contributed by atoms with Crippen LogP contribution in [0.2, 0.25) is 0 Å². The van der Waals surface area contributed by atoms with E-state index in [2.05, 4.69) is 30.9 Å². The quantitative estimate of drug-likeness (QED) is 0.840. The zero-order valence-corrected chi connectivity index (χ0v) is 11.1. The molecule has 0 amide bonds. The third-order valence-electron chi connectivity index (χ3n) is 2.99. The van der Waals surface area contributed by atoms with Crippen LogP contribution in [-0.2, 0) is 6.42 Å². The van der Waals surface area contributed by atoms with Crippen molar-refractivity contribution >= 4 is 5.69 Å². The Morgan fingerprint density at radius 2 is 1.83 bits per heavy atom. The zero-order chi connectivity index (χ0) is 13.1. The average molecular weight is 245 g/mol. The number of hydrogen-bond donors (Lipinski definition) is 1. The Morgan fingerprint density at radius 3 is 2.39 bits per heavy atom. The van der Waals surface area contributed by atoms with E-state index >= 15 is 0 Å². The molecule has 4 nitrogen and oxygen atoms in total. The SMILES string of the molecule is CC(C)c1noc(CC(C)c2ccc(N)cc2)n1. The lowest BCUT2D eigenvalue weighted by Gasteiger charge is -2.09. The van der Waals surface area contributed by atoms with Gasteiger partial charge in [-0.2, -0.15) is 4.98 Å². The maximum Gasteiger partial charge on any atom is 0.227 e. The number of anilines is 1. The molecule has 1 aromatic heterocycles. The highest BCUT2D eigenvalue weighted by Gasteiger charge is 2.13. The van der Waals surface area contributed by atoms with Gasteiger partial charge in [0.15, 0.2) is 5.82 Å². The molecule has 0 fully saturated rings. The normalized spacial score (nSPS) is 12.9. The summed E-state index contributed by atoms with van der Waals surface area (Å²) in [7, 11) is 0. The van der Waals surface area contributed by atoms with Crippen LogP contribution in [0.5, 0.6) is 0 Å². The largest absolute Gasteiger partial charge is 0.399 e. The van der Waals surface area contributed by atoms with Gasteiger partial charge in [-0.15, -0.1) is 0 Å². The highest BCUT2D eigenvalue weighted by atomic mass is 16.5. The van der Waals surface area contributed by atoms with Crippen LogP contribution in [0.1, 0.15) is 49.9 Å². The standard InChI is InChI=1S/C14H19N3O/c1-9(2)14-16-13(18-17-14)8-10(3)11-4-6-12(15)7-5-11/h4-7,9-10H,8,15H2,1-3H3. The van der Waals surface area contributed by atoms with Crippen LogP contribution in [0.15, 0.2) is 28.8 Å². The Kier molecular flexibility index (Phi) is 3.65. The van der Waals surface area contributed by atoms with Crippen molar-refractivity contribution in [2.45, 2.75) is 39.0 Å². The fourth-order valence-corrected chi connectivity index (χ4v) is 1.79. The molecule has 2 N–H and O–H groups in total. The van der Waals surface area contributed by atoms with Crippen LogP contribution >= 0.6 is 0 Å². The number of aromatic nitrogens is 2. The van der Waals surface area contributed by atoms with Gasteiger partial charge in [0.25, 0.3) is 0 Å². The molecule has 0 aliphatic carbocycles. The second-order valence-corrected chi connectivity index (χ2v) is 4.97. The summed E-state index contributed by atoms with van der Waals surface area (Å²) >= 11 is 0. The van der Waals surface area contributed by atoms with E-state index in [4.69, 9.17) is 10.3 Å². The number of nitrogens with two attached hydrogens (primary N) is 1. The Balaban J connectivity index is 2.06. The molecular formula is C14H19N3O. The van der Waals surface area contributed by atoms with Crippen LogP contribution in [0.4, 0.5) is 5.69 Å². The summed E-state index contributed by atoms with van der Waals surface area (Å²) in [5, 5.41) is 3.97. The molecule has 1 heterocycles. The van der Waals surface area contributed by atoms with Crippen molar-refractivity contribution in [2.24, 2.45) is 0 Å². The van der Waals surface area contributed by atoms with Gasteiger partial charge in [-0.05, 0) is 23.6 Å². The molecule has 1 atom stereocenters. The van der Waals surface area contributed by atoms with E-state index in [0.717, 1.165) is 17.9 Å². The summed E-state index contributed by atoms with van der Waals surface area (Å²) in [5.74, 6) is 2.11. The first kappa shape index (κ1) is 12.6. The lowest BCUT2D eigenvalue weighted by molar-refractivity contribution is 0.365. The van der Waals surface area contributed by atoms with Gasteiger partial charge in [0, 0.05) is 18.0 Å². The molecule has 0 radical (unpaired) electrons. The summed E-state index contributed by atoms with van der Waals surface area (Å²) in [6.45, 7) is 6.25.